The van der Waals surface area contributed by atoms with E-state index in [0.29, 0.717) is 13.1 Å². The van der Waals surface area contributed by atoms with Crippen molar-refractivity contribution < 1.29 is 24.3 Å². The number of carboxylic acid groups (broad SMARTS) is 1. The minimum absolute atomic E-state index is 0.218. The van der Waals surface area contributed by atoms with Gasteiger partial charge in [0.15, 0.2) is 0 Å². The number of hydrogen-bond donors (Lipinski definition) is 4. The van der Waals surface area contributed by atoms with Crippen LogP contribution in [0.25, 0.3) is 0 Å². The highest BCUT2D eigenvalue weighted by atomic mass is 16.4. The molecular formula is C12H20N4O5. The van der Waals surface area contributed by atoms with Crippen LogP contribution in [0, 0.1) is 0 Å². The van der Waals surface area contributed by atoms with E-state index in [-0.39, 0.29) is 5.91 Å². The molecule has 1 saturated heterocycles. The van der Waals surface area contributed by atoms with Crippen LogP contribution in [0.15, 0.2) is 0 Å². The van der Waals surface area contributed by atoms with E-state index >= 15 is 0 Å². The highest BCUT2D eigenvalue weighted by Gasteiger charge is 2.26. The summed E-state index contributed by atoms with van der Waals surface area (Å²) >= 11 is 0. The van der Waals surface area contributed by atoms with E-state index in [1.807, 2.05) is 0 Å². The van der Waals surface area contributed by atoms with Crippen molar-refractivity contribution in [3.05, 3.63) is 0 Å². The minimum Gasteiger partial charge on any atom is -0.480 e. The fourth-order valence-corrected chi connectivity index (χ4v) is 2.07. The van der Waals surface area contributed by atoms with Gasteiger partial charge in [-0.25, -0.2) is 9.59 Å². The Morgan fingerprint density at radius 2 is 1.76 bits per heavy atom. The van der Waals surface area contributed by atoms with E-state index in [1.165, 1.54) is 6.92 Å². The van der Waals surface area contributed by atoms with Gasteiger partial charge in [-0.15, -0.1) is 0 Å². The standard InChI is InChI=1S/C12H20N4O5/c1-7(10(18)16-4-2-3-5-16)14-12(21)15-8(11(19)20)6-9(13)17/h7-8H,2-6H2,1H3,(H2,13,17)(H,19,20)(H2,14,15,21)/t7?,8-/m1/s1. The van der Waals surface area contributed by atoms with Crippen molar-refractivity contribution in [2.45, 2.75) is 38.3 Å². The van der Waals surface area contributed by atoms with Crippen molar-refractivity contribution in [1.29, 1.82) is 0 Å². The van der Waals surface area contributed by atoms with Crippen LogP contribution >= 0.6 is 0 Å². The van der Waals surface area contributed by atoms with Crippen LogP contribution in [0.1, 0.15) is 26.2 Å². The molecule has 5 N–H and O–H groups in total. The first-order valence-corrected chi connectivity index (χ1v) is 6.68. The molecule has 4 amide bonds. The van der Waals surface area contributed by atoms with Crippen LogP contribution in [0.3, 0.4) is 0 Å². The van der Waals surface area contributed by atoms with Gasteiger partial charge in [0, 0.05) is 13.1 Å². The zero-order valence-electron chi connectivity index (χ0n) is 11.8. The Morgan fingerprint density at radius 1 is 1.19 bits per heavy atom. The lowest BCUT2D eigenvalue weighted by Crippen LogP contribution is -2.53. The Labute approximate surface area is 121 Å². The van der Waals surface area contributed by atoms with E-state index in [1.54, 1.807) is 4.90 Å². The topological polar surface area (TPSA) is 142 Å². The molecule has 21 heavy (non-hydrogen) atoms. The third-order valence-electron chi connectivity index (χ3n) is 3.14. The van der Waals surface area contributed by atoms with Gasteiger partial charge in [0.25, 0.3) is 0 Å². The average Bonchev–Trinajstić information content (AvgIpc) is 2.89. The number of carboxylic acids is 1. The van der Waals surface area contributed by atoms with Gasteiger partial charge >= 0.3 is 12.0 Å². The molecule has 1 aliphatic heterocycles. The molecule has 0 aromatic heterocycles. The zero-order chi connectivity index (χ0) is 16.0. The summed E-state index contributed by atoms with van der Waals surface area (Å²) in [5.74, 6) is -2.43. The van der Waals surface area contributed by atoms with Crippen molar-refractivity contribution >= 4 is 23.8 Å². The first-order chi connectivity index (χ1) is 9.81. The first-order valence-electron chi connectivity index (χ1n) is 6.68. The molecule has 0 radical (unpaired) electrons. The number of nitrogens with one attached hydrogen (secondary N) is 2. The summed E-state index contributed by atoms with van der Waals surface area (Å²) in [7, 11) is 0. The van der Waals surface area contributed by atoms with Crippen molar-refractivity contribution in [1.82, 2.24) is 15.5 Å². The predicted octanol–water partition coefficient (Wildman–Crippen LogP) is -1.37. The van der Waals surface area contributed by atoms with E-state index in [0.717, 1.165) is 12.8 Å². The predicted molar refractivity (Wildman–Crippen MR) is 72.2 cm³/mol. The third kappa shape index (κ3) is 5.28. The highest BCUT2D eigenvalue weighted by molar-refractivity contribution is 5.90. The number of aliphatic carboxylic acids is 1. The van der Waals surface area contributed by atoms with Gasteiger partial charge in [-0.3, -0.25) is 9.59 Å². The van der Waals surface area contributed by atoms with Crippen molar-refractivity contribution in [2.24, 2.45) is 5.73 Å². The number of carbonyl (C=O) groups excluding carboxylic acids is 3. The number of nitrogens with two attached hydrogens (primary N) is 1. The minimum atomic E-state index is -1.42. The summed E-state index contributed by atoms with van der Waals surface area (Å²) in [5, 5.41) is 13.3. The molecule has 0 spiro atoms. The lowest BCUT2D eigenvalue weighted by Gasteiger charge is -2.22. The Kier molecular flexibility index (Phi) is 5.94. The zero-order valence-corrected chi connectivity index (χ0v) is 11.8. The van der Waals surface area contributed by atoms with Crippen molar-refractivity contribution in [2.75, 3.05) is 13.1 Å². The Balaban J connectivity index is 2.48. The van der Waals surface area contributed by atoms with Gasteiger partial charge < -0.3 is 26.4 Å². The molecule has 2 atom stereocenters. The van der Waals surface area contributed by atoms with Gasteiger partial charge in [-0.05, 0) is 19.8 Å². The number of primary amides is 1. The summed E-state index contributed by atoms with van der Waals surface area (Å²) < 4.78 is 0. The van der Waals surface area contributed by atoms with Crippen LogP contribution in [0.4, 0.5) is 4.79 Å². The SMILES string of the molecule is CC(NC(=O)N[C@H](CC(N)=O)C(=O)O)C(=O)N1CCCC1. The van der Waals surface area contributed by atoms with Crippen LogP contribution < -0.4 is 16.4 Å². The summed E-state index contributed by atoms with van der Waals surface area (Å²) in [6.07, 6.45) is 1.35. The maximum atomic E-state index is 12.0. The van der Waals surface area contributed by atoms with Crippen molar-refractivity contribution in [3.63, 3.8) is 0 Å². The number of rotatable bonds is 6. The lowest BCUT2D eigenvalue weighted by atomic mass is 10.2. The molecular weight excluding hydrogens is 280 g/mol. The maximum Gasteiger partial charge on any atom is 0.326 e. The lowest BCUT2D eigenvalue weighted by molar-refractivity contribution is -0.140. The average molecular weight is 300 g/mol. The molecule has 1 unspecified atom stereocenters. The largest absolute Gasteiger partial charge is 0.480 e. The summed E-state index contributed by atoms with van der Waals surface area (Å²) in [4.78, 5) is 46.9. The maximum absolute atomic E-state index is 12.0. The normalized spacial score (nSPS) is 16.9. The molecule has 0 aromatic rings. The van der Waals surface area contributed by atoms with Gasteiger partial charge in [0.2, 0.25) is 11.8 Å². The van der Waals surface area contributed by atoms with Gasteiger partial charge in [-0.2, -0.15) is 0 Å². The summed E-state index contributed by atoms with van der Waals surface area (Å²) in [6.45, 7) is 2.84. The van der Waals surface area contributed by atoms with Gasteiger partial charge in [-0.1, -0.05) is 0 Å². The van der Waals surface area contributed by atoms with Crippen LogP contribution in [0.2, 0.25) is 0 Å². The number of hydrogen-bond acceptors (Lipinski definition) is 4. The number of amides is 4. The molecule has 0 bridgehead atoms. The van der Waals surface area contributed by atoms with Gasteiger partial charge in [0.05, 0.1) is 6.42 Å². The second kappa shape index (κ2) is 7.46. The fraction of sp³-hybridized carbons (Fsp3) is 0.667. The molecule has 9 nitrogen and oxygen atoms in total. The van der Waals surface area contributed by atoms with E-state index in [4.69, 9.17) is 10.8 Å². The molecule has 1 heterocycles. The molecule has 9 heteroatoms. The molecule has 118 valence electrons. The molecule has 1 rings (SSSR count). The molecule has 1 fully saturated rings. The highest BCUT2D eigenvalue weighted by Crippen LogP contribution is 2.08. The third-order valence-corrected chi connectivity index (χ3v) is 3.14. The first kappa shape index (κ1) is 16.7. The Morgan fingerprint density at radius 3 is 2.24 bits per heavy atom. The van der Waals surface area contributed by atoms with Crippen molar-refractivity contribution in [3.8, 4) is 0 Å². The molecule has 0 saturated carbocycles. The fourth-order valence-electron chi connectivity index (χ4n) is 2.07. The number of carbonyl (C=O) groups is 4. The molecule has 0 aromatic carbocycles. The van der Waals surface area contributed by atoms with Gasteiger partial charge in [0.1, 0.15) is 12.1 Å². The quantitative estimate of drug-likeness (QED) is 0.478. The molecule has 0 aliphatic carbocycles. The van der Waals surface area contributed by atoms with Crippen LogP contribution in [-0.4, -0.2) is 59.0 Å². The Hall–Kier alpha value is -2.32. The monoisotopic (exact) mass is 300 g/mol. The van der Waals surface area contributed by atoms with Crippen LogP contribution in [0.5, 0.6) is 0 Å². The van der Waals surface area contributed by atoms with E-state index < -0.39 is 36.4 Å². The summed E-state index contributed by atoms with van der Waals surface area (Å²) in [5.41, 5.74) is 4.90. The smallest absolute Gasteiger partial charge is 0.326 e. The number of likely N-dealkylation sites (tertiary alicyclic amines) is 1. The Bertz CT molecular complexity index is 433. The second-order valence-corrected chi connectivity index (χ2v) is 4.93. The summed E-state index contributed by atoms with van der Waals surface area (Å²) in [6, 6.07) is -3.02. The number of nitrogens with zero attached hydrogens (tertiary/aromatic N) is 1. The second-order valence-electron chi connectivity index (χ2n) is 4.93. The molecule has 1 aliphatic rings. The number of urea groups is 1. The van der Waals surface area contributed by atoms with E-state index in [2.05, 4.69) is 10.6 Å². The van der Waals surface area contributed by atoms with Crippen LogP contribution in [-0.2, 0) is 14.4 Å². The van der Waals surface area contributed by atoms with E-state index in [9.17, 15) is 19.2 Å².